The minimum absolute atomic E-state index is 0.358. The number of carbonyl (C=O) groups is 1. The quantitative estimate of drug-likeness (QED) is 0.823. The van der Waals surface area contributed by atoms with Gasteiger partial charge >= 0.3 is 0 Å². The summed E-state index contributed by atoms with van der Waals surface area (Å²) < 4.78 is 2.29. The summed E-state index contributed by atoms with van der Waals surface area (Å²) in [5, 5.41) is 0.690. The number of primary amides is 1. The highest BCUT2D eigenvalue weighted by molar-refractivity contribution is 6.30. The molecule has 1 aliphatic carbocycles. The van der Waals surface area contributed by atoms with Crippen molar-refractivity contribution in [1.82, 2.24) is 4.57 Å². The first-order valence-electron chi connectivity index (χ1n) is 8.74. The van der Waals surface area contributed by atoms with Crippen LogP contribution in [0, 0.1) is 19.8 Å². The zero-order valence-corrected chi connectivity index (χ0v) is 15.2. The van der Waals surface area contributed by atoms with Gasteiger partial charge in [0.1, 0.15) is 0 Å². The minimum atomic E-state index is -0.358. The van der Waals surface area contributed by atoms with Gasteiger partial charge in [0.05, 0.1) is 5.56 Å². The molecule has 0 atom stereocenters. The van der Waals surface area contributed by atoms with Crippen LogP contribution in [-0.4, -0.2) is 10.5 Å². The molecule has 3 nitrogen and oxygen atoms in total. The van der Waals surface area contributed by atoms with Gasteiger partial charge in [-0.25, -0.2) is 0 Å². The van der Waals surface area contributed by atoms with Crippen molar-refractivity contribution >= 4 is 17.5 Å². The Morgan fingerprint density at radius 1 is 1.12 bits per heavy atom. The SMILES string of the molecule is Cc1c(C(N)=O)c(-c2ccc(Cl)cc2)c(C)n1CC1CCCCC1. The van der Waals surface area contributed by atoms with Crippen molar-refractivity contribution in [2.75, 3.05) is 0 Å². The van der Waals surface area contributed by atoms with E-state index in [4.69, 9.17) is 17.3 Å². The zero-order valence-electron chi connectivity index (χ0n) is 14.4. The third kappa shape index (κ3) is 3.23. The first-order valence-corrected chi connectivity index (χ1v) is 9.12. The van der Waals surface area contributed by atoms with Crippen LogP contribution < -0.4 is 5.73 Å². The molecule has 128 valence electrons. The largest absolute Gasteiger partial charge is 0.366 e. The van der Waals surface area contributed by atoms with Crippen molar-refractivity contribution in [2.45, 2.75) is 52.5 Å². The molecule has 2 N–H and O–H groups in total. The summed E-state index contributed by atoms with van der Waals surface area (Å²) in [6.07, 6.45) is 6.54. The highest BCUT2D eigenvalue weighted by atomic mass is 35.5. The molecule has 1 heterocycles. The van der Waals surface area contributed by atoms with Crippen molar-refractivity contribution in [3.05, 3.63) is 46.2 Å². The van der Waals surface area contributed by atoms with E-state index in [1.54, 1.807) is 0 Å². The van der Waals surface area contributed by atoms with E-state index in [1.807, 2.05) is 31.2 Å². The Hall–Kier alpha value is -1.74. The van der Waals surface area contributed by atoms with E-state index < -0.39 is 0 Å². The summed E-state index contributed by atoms with van der Waals surface area (Å²) in [6, 6.07) is 7.63. The maximum Gasteiger partial charge on any atom is 0.251 e. The Morgan fingerprint density at radius 2 is 1.75 bits per heavy atom. The Kier molecular flexibility index (Phi) is 5.00. The minimum Gasteiger partial charge on any atom is -0.366 e. The van der Waals surface area contributed by atoms with E-state index in [9.17, 15) is 4.79 Å². The van der Waals surface area contributed by atoms with E-state index in [0.29, 0.717) is 16.5 Å². The maximum absolute atomic E-state index is 12.1. The number of hydrogen-bond acceptors (Lipinski definition) is 1. The second-order valence-electron chi connectivity index (χ2n) is 6.91. The summed E-state index contributed by atoms with van der Waals surface area (Å²) in [4.78, 5) is 12.1. The Morgan fingerprint density at radius 3 is 2.33 bits per heavy atom. The molecule has 0 aliphatic heterocycles. The Labute approximate surface area is 148 Å². The molecule has 24 heavy (non-hydrogen) atoms. The van der Waals surface area contributed by atoms with E-state index in [-0.39, 0.29) is 5.91 Å². The number of nitrogens with zero attached hydrogens (tertiary/aromatic N) is 1. The maximum atomic E-state index is 12.1. The number of aromatic nitrogens is 1. The number of rotatable bonds is 4. The van der Waals surface area contributed by atoms with Crippen LogP contribution in [0.2, 0.25) is 5.02 Å². The van der Waals surface area contributed by atoms with Crippen LogP contribution in [0.1, 0.15) is 53.8 Å². The summed E-state index contributed by atoms with van der Waals surface area (Å²) in [7, 11) is 0. The lowest BCUT2D eigenvalue weighted by Crippen LogP contribution is -2.17. The van der Waals surface area contributed by atoms with Crippen molar-refractivity contribution < 1.29 is 4.79 Å². The summed E-state index contributed by atoms with van der Waals surface area (Å²) >= 11 is 6.01. The number of nitrogens with two attached hydrogens (primary N) is 1. The number of hydrogen-bond donors (Lipinski definition) is 1. The van der Waals surface area contributed by atoms with Gasteiger partial charge in [0.2, 0.25) is 0 Å². The van der Waals surface area contributed by atoms with Gasteiger partial charge < -0.3 is 10.3 Å². The molecule has 1 amide bonds. The van der Waals surface area contributed by atoms with E-state index >= 15 is 0 Å². The monoisotopic (exact) mass is 344 g/mol. The third-order valence-electron chi connectivity index (χ3n) is 5.33. The molecule has 0 bridgehead atoms. The van der Waals surface area contributed by atoms with Crippen LogP contribution >= 0.6 is 11.6 Å². The fraction of sp³-hybridized carbons (Fsp3) is 0.450. The molecule has 0 unspecified atom stereocenters. The van der Waals surface area contributed by atoms with Gasteiger partial charge in [-0.2, -0.15) is 0 Å². The van der Waals surface area contributed by atoms with Crippen molar-refractivity contribution in [3.8, 4) is 11.1 Å². The number of halogens is 1. The second-order valence-corrected chi connectivity index (χ2v) is 7.34. The highest BCUT2D eigenvalue weighted by Crippen LogP contribution is 2.35. The molecule has 1 fully saturated rings. The van der Waals surface area contributed by atoms with Crippen molar-refractivity contribution in [3.63, 3.8) is 0 Å². The molecule has 1 aliphatic rings. The van der Waals surface area contributed by atoms with Gasteiger partial charge in [-0.3, -0.25) is 4.79 Å². The van der Waals surface area contributed by atoms with Gasteiger partial charge in [-0.15, -0.1) is 0 Å². The van der Waals surface area contributed by atoms with E-state index in [2.05, 4.69) is 11.5 Å². The fourth-order valence-corrected chi connectivity index (χ4v) is 4.18. The van der Waals surface area contributed by atoms with E-state index in [0.717, 1.165) is 29.1 Å². The van der Waals surface area contributed by atoms with Crippen LogP contribution in [0.5, 0.6) is 0 Å². The smallest absolute Gasteiger partial charge is 0.251 e. The Balaban J connectivity index is 2.05. The molecule has 1 aromatic carbocycles. The average molecular weight is 345 g/mol. The molecule has 0 spiro atoms. The first-order chi connectivity index (χ1) is 11.5. The van der Waals surface area contributed by atoms with Gasteiger partial charge in [0, 0.05) is 28.5 Å². The molecule has 2 aromatic rings. The lowest BCUT2D eigenvalue weighted by molar-refractivity contribution is 0.1000. The molecule has 0 radical (unpaired) electrons. The molecule has 1 aromatic heterocycles. The van der Waals surface area contributed by atoms with Crippen LogP contribution in [0.3, 0.4) is 0 Å². The molecule has 3 rings (SSSR count). The predicted molar refractivity (Wildman–Crippen MR) is 99.4 cm³/mol. The number of amides is 1. The zero-order chi connectivity index (χ0) is 17.3. The van der Waals surface area contributed by atoms with E-state index in [1.165, 1.54) is 32.1 Å². The van der Waals surface area contributed by atoms with Crippen LogP contribution in [0.25, 0.3) is 11.1 Å². The van der Waals surface area contributed by atoms with Gasteiger partial charge in [0.15, 0.2) is 0 Å². The lowest BCUT2D eigenvalue weighted by atomic mass is 9.89. The van der Waals surface area contributed by atoms with Crippen molar-refractivity contribution in [1.29, 1.82) is 0 Å². The average Bonchev–Trinajstić information content (AvgIpc) is 2.81. The topological polar surface area (TPSA) is 48.0 Å². The van der Waals surface area contributed by atoms with Crippen LogP contribution in [0.15, 0.2) is 24.3 Å². The molecule has 1 saturated carbocycles. The van der Waals surface area contributed by atoms with Crippen LogP contribution in [-0.2, 0) is 6.54 Å². The summed E-state index contributed by atoms with van der Waals surface area (Å²) in [5.74, 6) is 0.338. The first kappa shape index (κ1) is 17.1. The number of benzene rings is 1. The van der Waals surface area contributed by atoms with Gasteiger partial charge in [0.25, 0.3) is 5.91 Å². The summed E-state index contributed by atoms with van der Waals surface area (Å²) in [5.41, 5.74) is 10.4. The molecule has 0 saturated heterocycles. The summed E-state index contributed by atoms with van der Waals surface area (Å²) in [6.45, 7) is 5.08. The molecular weight excluding hydrogens is 320 g/mol. The number of carbonyl (C=O) groups excluding carboxylic acids is 1. The van der Waals surface area contributed by atoms with Crippen LogP contribution in [0.4, 0.5) is 0 Å². The van der Waals surface area contributed by atoms with Gasteiger partial charge in [-0.05, 0) is 50.3 Å². The highest BCUT2D eigenvalue weighted by Gasteiger charge is 2.24. The third-order valence-corrected chi connectivity index (χ3v) is 5.58. The fourth-order valence-electron chi connectivity index (χ4n) is 4.06. The normalized spacial score (nSPS) is 15.6. The Bertz CT molecular complexity index is 740. The molecule has 4 heteroatoms. The molecular formula is C20H25ClN2O. The predicted octanol–water partition coefficient (Wildman–Crippen LogP) is 5.10. The second kappa shape index (κ2) is 7.02. The standard InChI is InChI=1S/C20H25ClN2O/c1-13-18(16-8-10-17(21)11-9-16)19(20(22)24)14(2)23(13)12-15-6-4-3-5-7-15/h8-11,15H,3-7,12H2,1-2H3,(H2,22,24). The lowest BCUT2D eigenvalue weighted by Gasteiger charge is -2.23. The van der Waals surface area contributed by atoms with Crippen molar-refractivity contribution in [2.24, 2.45) is 11.7 Å². The van der Waals surface area contributed by atoms with Gasteiger partial charge in [-0.1, -0.05) is 43.0 Å².